The summed E-state index contributed by atoms with van der Waals surface area (Å²) in [5, 5.41) is 7.90. The second kappa shape index (κ2) is 9.78. The SMILES string of the molecule is CCNC(=NCc1sc(C)nc1C)NCC(C)N(C)C1CC1.I. The zero-order valence-electron chi connectivity index (χ0n) is 14.8. The van der Waals surface area contributed by atoms with E-state index < -0.39 is 0 Å². The van der Waals surface area contributed by atoms with Gasteiger partial charge in [-0.3, -0.25) is 4.90 Å². The number of nitrogens with one attached hydrogen (secondary N) is 2. The third-order valence-electron chi connectivity index (χ3n) is 4.11. The van der Waals surface area contributed by atoms with E-state index in [9.17, 15) is 0 Å². The van der Waals surface area contributed by atoms with Gasteiger partial charge in [0.25, 0.3) is 0 Å². The van der Waals surface area contributed by atoms with E-state index in [-0.39, 0.29) is 24.0 Å². The molecule has 1 unspecified atom stereocenters. The average Bonchev–Trinajstić information content (AvgIpc) is 3.27. The van der Waals surface area contributed by atoms with Crippen LogP contribution in [0.15, 0.2) is 4.99 Å². The molecule has 1 heterocycles. The molecule has 0 bridgehead atoms. The lowest BCUT2D eigenvalue weighted by Crippen LogP contribution is -2.45. The number of nitrogens with zero attached hydrogens (tertiary/aromatic N) is 3. The van der Waals surface area contributed by atoms with Crippen molar-refractivity contribution in [2.75, 3.05) is 20.1 Å². The normalized spacial score (nSPS) is 16.2. The molecule has 1 aliphatic rings. The van der Waals surface area contributed by atoms with Gasteiger partial charge in [-0.25, -0.2) is 9.98 Å². The lowest BCUT2D eigenvalue weighted by molar-refractivity contribution is 0.247. The van der Waals surface area contributed by atoms with Gasteiger partial charge >= 0.3 is 0 Å². The van der Waals surface area contributed by atoms with Crippen molar-refractivity contribution in [3.05, 3.63) is 15.6 Å². The Bertz CT molecular complexity index is 513. The Kier molecular flexibility index (Phi) is 8.78. The number of hydrogen-bond acceptors (Lipinski definition) is 4. The molecule has 0 spiro atoms. The van der Waals surface area contributed by atoms with Crippen LogP contribution in [0.1, 0.15) is 42.3 Å². The Balaban J connectivity index is 0.00000264. The van der Waals surface area contributed by atoms with E-state index in [2.05, 4.69) is 48.3 Å². The molecule has 2 N–H and O–H groups in total. The van der Waals surface area contributed by atoms with Crippen molar-refractivity contribution in [2.45, 2.75) is 59.2 Å². The van der Waals surface area contributed by atoms with E-state index in [1.807, 2.05) is 6.92 Å². The van der Waals surface area contributed by atoms with Gasteiger partial charge in [-0.1, -0.05) is 0 Å². The van der Waals surface area contributed by atoms with Crippen LogP contribution in [0.3, 0.4) is 0 Å². The number of aromatic nitrogens is 1. The maximum atomic E-state index is 4.70. The molecule has 0 aromatic carbocycles. The summed E-state index contributed by atoms with van der Waals surface area (Å²) in [4.78, 5) is 12.9. The fourth-order valence-corrected chi connectivity index (χ4v) is 3.30. The summed E-state index contributed by atoms with van der Waals surface area (Å²) in [6.07, 6.45) is 2.69. The molecular formula is C16H30IN5S. The zero-order chi connectivity index (χ0) is 16.1. The van der Waals surface area contributed by atoms with Crippen LogP contribution in [0.4, 0.5) is 0 Å². The molecule has 2 rings (SSSR count). The fourth-order valence-electron chi connectivity index (χ4n) is 2.44. The van der Waals surface area contributed by atoms with Gasteiger partial charge in [-0.2, -0.15) is 0 Å². The van der Waals surface area contributed by atoms with Gasteiger partial charge < -0.3 is 10.6 Å². The number of guanidine groups is 1. The number of hydrogen-bond donors (Lipinski definition) is 2. The first-order chi connectivity index (χ1) is 10.5. The highest BCUT2D eigenvalue weighted by Crippen LogP contribution is 2.26. The van der Waals surface area contributed by atoms with Gasteiger partial charge in [-0.15, -0.1) is 35.3 Å². The summed E-state index contributed by atoms with van der Waals surface area (Å²) in [7, 11) is 2.22. The Morgan fingerprint density at radius 3 is 2.61 bits per heavy atom. The second-order valence-electron chi connectivity index (χ2n) is 6.06. The topological polar surface area (TPSA) is 52.6 Å². The van der Waals surface area contributed by atoms with Gasteiger partial charge in [0.2, 0.25) is 0 Å². The standard InChI is InChI=1S/C16H29N5S.HI/c1-6-17-16(18-9-11(2)21(5)14-7-8-14)19-10-15-12(3)20-13(4)22-15;/h11,14H,6-10H2,1-5H3,(H2,17,18,19);1H. The van der Waals surface area contributed by atoms with E-state index in [0.717, 1.165) is 35.8 Å². The van der Waals surface area contributed by atoms with Crippen molar-refractivity contribution < 1.29 is 0 Å². The molecule has 1 aromatic heterocycles. The van der Waals surface area contributed by atoms with Crippen LogP contribution < -0.4 is 10.6 Å². The molecule has 1 fully saturated rings. The molecule has 1 atom stereocenters. The van der Waals surface area contributed by atoms with E-state index in [4.69, 9.17) is 4.99 Å². The highest BCUT2D eigenvalue weighted by atomic mass is 127. The van der Waals surface area contributed by atoms with Crippen molar-refractivity contribution in [1.29, 1.82) is 0 Å². The molecule has 7 heteroatoms. The first-order valence-corrected chi connectivity index (χ1v) is 9.00. The first-order valence-electron chi connectivity index (χ1n) is 8.18. The van der Waals surface area contributed by atoms with Crippen molar-refractivity contribution >= 4 is 41.3 Å². The minimum atomic E-state index is 0. The first kappa shape index (κ1) is 20.6. The van der Waals surface area contributed by atoms with Crippen molar-refractivity contribution in [2.24, 2.45) is 4.99 Å². The summed E-state index contributed by atoms with van der Waals surface area (Å²) in [5.41, 5.74) is 1.10. The molecule has 1 saturated carbocycles. The minimum Gasteiger partial charge on any atom is -0.357 e. The van der Waals surface area contributed by atoms with Gasteiger partial charge in [-0.05, 0) is 47.6 Å². The molecule has 132 valence electrons. The molecule has 23 heavy (non-hydrogen) atoms. The van der Waals surface area contributed by atoms with Crippen molar-refractivity contribution in [1.82, 2.24) is 20.5 Å². The lowest BCUT2D eigenvalue weighted by Gasteiger charge is -2.25. The average molecular weight is 451 g/mol. The summed E-state index contributed by atoms with van der Waals surface area (Å²) in [5.74, 6) is 0.893. The minimum absolute atomic E-state index is 0. The van der Waals surface area contributed by atoms with Gasteiger partial charge in [0, 0.05) is 30.1 Å². The monoisotopic (exact) mass is 451 g/mol. The predicted octanol–water partition coefficient (Wildman–Crippen LogP) is 2.92. The lowest BCUT2D eigenvalue weighted by atomic mass is 10.3. The van der Waals surface area contributed by atoms with Gasteiger partial charge in [0.15, 0.2) is 5.96 Å². The van der Waals surface area contributed by atoms with Crippen LogP contribution in [-0.4, -0.2) is 48.1 Å². The smallest absolute Gasteiger partial charge is 0.191 e. The Morgan fingerprint density at radius 2 is 2.09 bits per heavy atom. The number of aryl methyl sites for hydroxylation is 2. The number of rotatable bonds is 7. The highest BCUT2D eigenvalue weighted by Gasteiger charge is 2.28. The summed E-state index contributed by atoms with van der Waals surface area (Å²) < 4.78 is 0. The Hall–Kier alpha value is -0.410. The highest BCUT2D eigenvalue weighted by molar-refractivity contribution is 14.0. The van der Waals surface area contributed by atoms with Crippen LogP contribution >= 0.6 is 35.3 Å². The maximum absolute atomic E-state index is 4.70. The van der Waals surface area contributed by atoms with Gasteiger partial charge in [0.05, 0.1) is 17.2 Å². The molecule has 1 aliphatic carbocycles. The van der Waals surface area contributed by atoms with Crippen molar-refractivity contribution in [3.63, 3.8) is 0 Å². The number of aliphatic imine (C=N–C) groups is 1. The third kappa shape index (κ3) is 6.54. The summed E-state index contributed by atoms with van der Waals surface area (Å²) in [6, 6.07) is 1.31. The zero-order valence-corrected chi connectivity index (χ0v) is 18.0. The Morgan fingerprint density at radius 1 is 1.39 bits per heavy atom. The largest absolute Gasteiger partial charge is 0.357 e. The second-order valence-corrected chi connectivity index (χ2v) is 7.35. The molecule has 0 saturated heterocycles. The third-order valence-corrected chi connectivity index (χ3v) is 5.17. The molecule has 0 radical (unpaired) electrons. The molecular weight excluding hydrogens is 421 g/mol. The summed E-state index contributed by atoms with van der Waals surface area (Å²) >= 11 is 1.73. The maximum Gasteiger partial charge on any atom is 0.191 e. The quantitative estimate of drug-likeness (QED) is 0.380. The number of thiazole rings is 1. The number of likely N-dealkylation sites (N-methyl/N-ethyl adjacent to an activating group) is 1. The van der Waals surface area contributed by atoms with Crippen LogP contribution in [0.5, 0.6) is 0 Å². The van der Waals surface area contributed by atoms with E-state index in [1.54, 1.807) is 11.3 Å². The van der Waals surface area contributed by atoms with Crippen LogP contribution in [0.25, 0.3) is 0 Å². The van der Waals surface area contributed by atoms with E-state index in [1.165, 1.54) is 17.7 Å². The fraction of sp³-hybridized carbons (Fsp3) is 0.750. The summed E-state index contributed by atoms with van der Waals surface area (Å²) in [6.45, 7) is 11.0. The molecule has 0 amide bonds. The van der Waals surface area contributed by atoms with E-state index in [0.29, 0.717) is 12.6 Å². The van der Waals surface area contributed by atoms with Crippen LogP contribution in [0, 0.1) is 13.8 Å². The Labute approximate surface area is 161 Å². The predicted molar refractivity (Wildman–Crippen MR) is 110 cm³/mol. The van der Waals surface area contributed by atoms with E-state index >= 15 is 0 Å². The van der Waals surface area contributed by atoms with Gasteiger partial charge in [0.1, 0.15) is 0 Å². The molecule has 5 nitrogen and oxygen atoms in total. The van der Waals surface area contributed by atoms with Crippen LogP contribution in [0.2, 0.25) is 0 Å². The molecule has 0 aliphatic heterocycles. The number of halogens is 1. The molecule has 1 aromatic rings. The van der Waals surface area contributed by atoms with Crippen LogP contribution in [-0.2, 0) is 6.54 Å². The van der Waals surface area contributed by atoms with Crippen molar-refractivity contribution in [3.8, 4) is 0 Å².